The van der Waals surface area contributed by atoms with Gasteiger partial charge < -0.3 is 4.90 Å². The minimum absolute atomic E-state index is 1.03. The largest absolute Gasteiger partial charge is 0.345 e. The minimum atomic E-state index is 1.03. The van der Waals surface area contributed by atoms with E-state index in [1.165, 1.54) is 55.9 Å². The molecule has 0 radical (unpaired) electrons. The lowest BCUT2D eigenvalue weighted by atomic mass is 9.88. The van der Waals surface area contributed by atoms with E-state index in [-0.39, 0.29) is 0 Å². The SMILES string of the molecule is C/C=C\C(=C(/CC)C1=CC=CCC1)c1ccc(N(C)c2ccc(-c3ccccc3-c3ccccc3)cc2)cc1. The summed E-state index contributed by atoms with van der Waals surface area (Å²) < 4.78 is 0. The van der Waals surface area contributed by atoms with E-state index in [1.54, 1.807) is 0 Å². The number of hydrogen-bond donors (Lipinski definition) is 0. The average molecular weight is 508 g/mol. The number of anilines is 2. The lowest BCUT2D eigenvalue weighted by Crippen LogP contribution is -2.09. The molecule has 194 valence electrons. The first-order valence-electron chi connectivity index (χ1n) is 14.0. The molecule has 0 saturated carbocycles. The molecule has 1 nitrogen and oxygen atoms in total. The zero-order chi connectivity index (χ0) is 27.0. The highest BCUT2D eigenvalue weighted by Gasteiger charge is 2.13. The van der Waals surface area contributed by atoms with Crippen LogP contribution in [0.15, 0.2) is 145 Å². The summed E-state index contributed by atoms with van der Waals surface area (Å²) in [7, 11) is 2.14. The van der Waals surface area contributed by atoms with Gasteiger partial charge in [-0.05, 0) is 95.0 Å². The molecule has 0 N–H and O–H groups in total. The quantitative estimate of drug-likeness (QED) is 0.214. The smallest absolute Gasteiger partial charge is 0.0408 e. The molecule has 1 heteroatoms. The van der Waals surface area contributed by atoms with Crippen LogP contribution in [0.2, 0.25) is 0 Å². The Morgan fingerprint density at radius 2 is 1.33 bits per heavy atom. The van der Waals surface area contributed by atoms with Gasteiger partial charge in [0.2, 0.25) is 0 Å². The molecule has 1 aliphatic carbocycles. The Labute approximate surface area is 234 Å². The molecule has 0 heterocycles. The monoisotopic (exact) mass is 507 g/mol. The molecule has 4 aromatic carbocycles. The minimum Gasteiger partial charge on any atom is -0.345 e. The van der Waals surface area contributed by atoms with Crippen molar-refractivity contribution >= 4 is 16.9 Å². The maximum absolute atomic E-state index is 2.29. The molecular weight excluding hydrogens is 470 g/mol. The molecule has 4 aromatic rings. The van der Waals surface area contributed by atoms with Crippen molar-refractivity contribution in [3.8, 4) is 22.3 Å². The number of benzene rings is 4. The fourth-order valence-corrected chi connectivity index (χ4v) is 5.46. The Bertz CT molecular complexity index is 1510. The second-order valence-corrected chi connectivity index (χ2v) is 9.97. The molecule has 0 saturated heterocycles. The molecular formula is C38H37N. The number of rotatable bonds is 8. The molecule has 0 fully saturated rings. The highest BCUT2D eigenvalue weighted by Crippen LogP contribution is 2.35. The Morgan fingerprint density at radius 1 is 0.744 bits per heavy atom. The van der Waals surface area contributed by atoms with Crippen LogP contribution in [0, 0.1) is 0 Å². The van der Waals surface area contributed by atoms with Crippen LogP contribution in [-0.2, 0) is 0 Å². The Kier molecular flexibility index (Phi) is 8.39. The second-order valence-electron chi connectivity index (χ2n) is 9.97. The van der Waals surface area contributed by atoms with Gasteiger partial charge in [-0.25, -0.2) is 0 Å². The molecule has 0 aliphatic heterocycles. The van der Waals surface area contributed by atoms with Crippen LogP contribution in [0.4, 0.5) is 11.4 Å². The third-order valence-corrected chi connectivity index (χ3v) is 7.56. The second kappa shape index (κ2) is 12.5. The molecule has 0 bridgehead atoms. The van der Waals surface area contributed by atoms with Crippen molar-refractivity contribution in [2.75, 3.05) is 11.9 Å². The first-order valence-corrected chi connectivity index (χ1v) is 14.0. The third-order valence-electron chi connectivity index (χ3n) is 7.56. The zero-order valence-electron chi connectivity index (χ0n) is 23.3. The molecule has 39 heavy (non-hydrogen) atoms. The van der Waals surface area contributed by atoms with E-state index >= 15 is 0 Å². The fraction of sp³-hybridized carbons (Fsp3) is 0.158. The van der Waals surface area contributed by atoms with Gasteiger partial charge in [-0.3, -0.25) is 0 Å². The van der Waals surface area contributed by atoms with Crippen LogP contribution < -0.4 is 4.90 Å². The summed E-state index contributed by atoms with van der Waals surface area (Å²) in [5.41, 5.74) is 12.8. The van der Waals surface area contributed by atoms with Gasteiger partial charge in [0, 0.05) is 18.4 Å². The van der Waals surface area contributed by atoms with Gasteiger partial charge in [0.1, 0.15) is 0 Å². The Hall–Kier alpha value is -4.36. The highest BCUT2D eigenvalue weighted by molar-refractivity contribution is 5.84. The maximum Gasteiger partial charge on any atom is 0.0408 e. The molecule has 5 rings (SSSR count). The normalized spacial score (nSPS) is 13.8. The van der Waals surface area contributed by atoms with Crippen molar-refractivity contribution in [1.82, 2.24) is 0 Å². The van der Waals surface area contributed by atoms with Gasteiger partial charge >= 0.3 is 0 Å². The van der Waals surface area contributed by atoms with Gasteiger partial charge in [-0.1, -0.05) is 116 Å². The number of nitrogens with zero attached hydrogens (tertiary/aromatic N) is 1. The van der Waals surface area contributed by atoms with Gasteiger partial charge in [-0.2, -0.15) is 0 Å². The number of allylic oxidation sites excluding steroid dienone is 8. The molecule has 0 unspecified atom stereocenters. The first kappa shape index (κ1) is 26.3. The number of hydrogen-bond acceptors (Lipinski definition) is 1. The summed E-state index contributed by atoms with van der Waals surface area (Å²) >= 11 is 0. The Balaban J connectivity index is 1.40. The zero-order valence-corrected chi connectivity index (χ0v) is 23.3. The van der Waals surface area contributed by atoms with Crippen LogP contribution in [0.1, 0.15) is 38.7 Å². The highest BCUT2D eigenvalue weighted by atomic mass is 15.1. The van der Waals surface area contributed by atoms with Gasteiger partial charge in [-0.15, -0.1) is 0 Å². The van der Waals surface area contributed by atoms with E-state index in [9.17, 15) is 0 Å². The van der Waals surface area contributed by atoms with E-state index < -0.39 is 0 Å². The van der Waals surface area contributed by atoms with Crippen molar-refractivity contribution in [2.45, 2.75) is 33.1 Å². The van der Waals surface area contributed by atoms with Crippen molar-refractivity contribution < 1.29 is 0 Å². The van der Waals surface area contributed by atoms with Crippen molar-refractivity contribution in [3.63, 3.8) is 0 Å². The topological polar surface area (TPSA) is 3.24 Å². The van der Waals surface area contributed by atoms with Crippen molar-refractivity contribution in [1.29, 1.82) is 0 Å². The van der Waals surface area contributed by atoms with Gasteiger partial charge in [0.05, 0.1) is 0 Å². The van der Waals surface area contributed by atoms with Crippen LogP contribution in [-0.4, -0.2) is 7.05 Å². The predicted octanol–water partition coefficient (Wildman–Crippen LogP) is 10.8. The van der Waals surface area contributed by atoms with Crippen LogP contribution in [0.3, 0.4) is 0 Å². The average Bonchev–Trinajstić information content (AvgIpc) is 3.02. The third kappa shape index (κ3) is 5.89. The van der Waals surface area contributed by atoms with E-state index in [0.29, 0.717) is 0 Å². The molecule has 0 aromatic heterocycles. The van der Waals surface area contributed by atoms with E-state index in [2.05, 4.69) is 159 Å². The van der Waals surface area contributed by atoms with Crippen LogP contribution >= 0.6 is 0 Å². The molecule has 0 spiro atoms. The summed E-state index contributed by atoms with van der Waals surface area (Å²) in [6.07, 6.45) is 14.4. The lowest BCUT2D eigenvalue weighted by molar-refractivity contribution is 0.940. The fourth-order valence-electron chi connectivity index (χ4n) is 5.46. The van der Waals surface area contributed by atoms with Crippen LogP contribution in [0.25, 0.3) is 27.8 Å². The summed E-state index contributed by atoms with van der Waals surface area (Å²) in [5, 5.41) is 0. The summed E-state index contributed by atoms with van der Waals surface area (Å²) in [6.45, 7) is 4.37. The molecule has 0 atom stereocenters. The van der Waals surface area contributed by atoms with E-state index in [0.717, 1.165) is 19.3 Å². The van der Waals surface area contributed by atoms with Gasteiger partial charge in [0.15, 0.2) is 0 Å². The summed E-state index contributed by atoms with van der Waals surface area (Å²) in [6, 6.07) is 37.1. The van der Waals surface area contributed by atoms with E-state index in [4.69, 9.17) is 0 Å². The molecule has 1 aliphatic rings. The predicted molar refractivity (Wildman–Crippen MR) is 170 cm³/mol. The summed E-state index contributed by atoms with van der Waals surface area (Å²) in [4.78, 5) is 2.25. The maximum atomic E-state index is 2.29. The Morgan fingerprint density at radius 3 is 1.90 bits per heavy atom. The first-order chi connectivity index (χ1) is 19.2. The molecule has 0 amide bonds. The van der Waals surface area contributed by atoms with Crippen molar-refractivity contribution in [2.24, 2.45) is 0 Å². The van der Waals surface area contributed by atoms with Crippen LogP contribution in [0.5, 0.6) is 0 Å². The standard InChI is InChI=1S/C38H37N/c1-4-14-36(35(5-2)29-15-8-6-9-16-29)31-21-25-33(26-22-31)39(3)34-27-23-32(24-28-34)38-20-13-12-19-37(38)30-17-10-7-11-18-30/h4,6-8,10-15,17-28H,5,9,16H2,1-3H3/b14-4-,36-35-. The van der Waals surface area contributed by atoms with Crippen molar-refractivity contribution in [3.05, 3.63) is 150 Å². The van der Waals surface area contributed by atoms with Gasteiger partial charge in [0.25, 0.3) is 0 Å². The lowest BCUT2D eigenvalue weighted by Gasteiger charge is -2.21. The van der Waals surface area contributed by atoms with E-state index in [1.807, 2.05) is 0 Å². The summed E-state index contributed by atoms with van der Waals surface area (Å²) in [5.74, 6) is 0.